The predicted molar refractivity (Wildman–Crippen MR) is 55.9 cm³/mol. The maximum absolute atomic E-state index is 10.2. The first kappa shape index (κ1) is 11.3. The summed E-state index contributed by atoms with van der Waals surface area (Å²) in [5, 5.41) is 10.5. The smallest absolute Gasteiger partial charge is 0.404 e. The lowest BCUT2D eigenvalue weighted by atomic mass is 10.3. The number of amides is 1. The van der Waals surface area contributed by atoms with Crippen LogP contribution in [0.15, 0.2) is 30.3 Å². The van der Waals surface area contributed by atoms with Crippen LogP contribution in [0.4, 0.5) is 4.79 Å². The zero-order valence-corrected chi connectivity index (χ0v) is 8.22. The van der Waals surface area contributed by atoms with Gasteiger partial charge in [-0.25, -0.2) is 4.79 Å². The van der Waals surface area contributed by atoms with Gasteiger partial charge in [-0.3, -0.25) is 0 Å². The first-order valence-corrected chi connectivity index (χ1v) is 4.58. The van der Waals surface area contributed by atoms with E-state index in [1.54, 1.807) is 0 Å². The number of ether oxygens (including phenoxy) is 1. The van der Waals surface area contributed by atoms with E-state index >= 15 is 0 Å². The largest absolute Gasteiger partial charge is 0.492 e. The Hall–Kier alpha value is -1.75. The van der Waals surface area contributed by atoms with Gasteiger partial charge in [-0.2, -0.15) is 0 Å². The van der Waals surface area contributed by atoms with E-state index in [-0.39, 0.29) is 19.2 Å². The number of hydrogen-bond donors (Lipinski definition) is 3. The number of nitrogens with two attached hydrogens (primary N) is 1. The second-order valence-corrected chi connectivity index (χ2v) is 3.07. The van der Waals surface area contributed by atoms with Crippen molar-refractivity contribution in [2.45, 2.75) is 6.04 Å². The van der Waals surface area contributed by atoms with E-state index in [2.05, 4.69) is 5.32 Å². The van der Waals surface area contributed by atoms with Crippen LogP contribution in [0.3, 0.4) is 0 Å². The second-order valence-electron chi connectivity index (χ2n) is 3.07. The molecule has 0 radical (unpaired) electrons. The minimum atomic E-state index is -1.08. The van der Waals surface area contributed by atoms with Crippen LogP contribution in [0.1, 0.15) is 0 Å². The van der Waals surface area contributed by atoms with Gasteiger partial charge in [-0.1, -0.05) is 18.2 Å². The fourth-order valence-corrected chi connectivity index (χ4v) is 0.997. The molecule has 0 aliphatic rings. The lowest BCUT2D eigenvalue weighted by molar-refractivity contribution is 0.191. The minimum Gasteiger partial charge on any atom is -0.492 e. The summed E-state index contributed by atoms with van der Waals surface area (Å²) in [5.41, 5.74) is 5.62. The Morgan fingerprint density at radius 3 is 2.73 bits per heavy atom. The van der Waals surface area contributed by atoms with Crippen molar-refractivity contribution < 1.29 is 14.6 Å². The van der Waals surface area contributed by atoms with Gasteiger partial charge >= 0.3 is 6.09 Å². The average molecular weight is 210 g/mol. The van der Waals surface area contributed by atoms with Gasteiger partial charge < -0.3 is 20.9 Å². The second kappa shape index (κ2) is 5.87. The molecule has 1 atom stereocenters. The number of nitrogens with one attached hydrogen (secondary N) is 1. The van der Waals surface area contributed by atoms with Crippen molar-refractivity contribution in [3.05, 3.63) is 30.3 Å². The normalized spacial score (nSPS) is 11.8. The highest BCUT2D eigenvalue weighted by Gasteiger charge is 2.04. The molecular weight excluding hydrogens is 196 g/mol. The van der Waals surface area contributed by atoms with Crippen molar-refractivity contribution in [2.24, 2.45) is 5.73 Å². The minimum absolute atomic E-state index is 0.183. The highest BCUT2D eigenvalue weighted by molar-refractivity contribution is 5.64. The molecular formula is C10H14N2O3. The number of rotatable bonds is 5. The molecule has 0 aliphatic heterocycles. The summed E-state index contributed by atoms with van der Waals surface area (Å²) in [5.74, 6) is 0.725. The standard InChI is InChI=1S/C10H14N2O3/c11-8(6-12-10(13)14)7-15-9-4-2-1-3-5-9/h1-5,8,12H,6-7,11H2,(H,13,14). The van der Waals surface area contributed by atoms with E-state index in [0.29, 0.717) is 0 Å². The molecule has 0 fully saturated rings. The van der Waals surface area contributed by atoms with Gasteiger partial charge in [-0.15, -0.1) is 0 Å². The molecule has 1 rings (SSSR count). The van der Waals surface area contributed by atoms with Crippen LogP contribution in [-0.4, -0.2) is 30.4 Å². The molecule has 0 saturated heterocycles. The molecule has 0 spiro atoms. The molecule has 0 aliphatic carbocycles. The van der Waals surface area contributed by atoms with Gasteiger partial charge in [0, 0.05) is 6.54 Å². The van der Waals surface area contributed by atoms with Gasteiger partial charge in [0.05, 0.1) is 6.04 Å². The number of carbonyl (C=O) groups is 1. The first-order chi connectivity index (χ1) is 7.18. The van der Waals surface area contributed by atoms with Crippen molar-refractivity contribution in [3.63, 3.8) is 0 Å². The first-order valence-electron chi connectivity index (χ1n) is 4.58. The predicted octanol–water partition coefficient (Wildman–Crippen LogP) is 0.660. The number of para-hydroxylation sites is 1. The molecule has 1 amide bonds. The molecule has 1 unspecified atom stereocenters. The van der Waals surface area contributed by atoms with Crippen molar-refractivity contribution in [2.75, 3.05) is 13.2 Å². The van der Waals surface area contributed by atoms with E-state index in [0.717, 1.165) is 5.75 Å². The molecule has 0 bridgehead atoms. The molecule has 0 aromatic heterocycles. The Morgan fingerprint density at radius 2 is 2.13 bits per heavy atom. The van der Waals surface area contributed by atoms with E-state index < -0.39 is 6.09 Å². The molecule has 0 saturated carbocycles. The fraction of sp³-hybridized carbons (Fsp3) is 0.300. The van der Waals surface area contributed by atoms with Crippen LogP contribution in [0.2, 0.25) is 0 Å². The van der Waals surface area contributed by atoms with E-state index in [1.807, 2.05) is 30.3 Å². The SMILES string of the molecule is NC(CNC(=O)O)COc1ccccc1. The topological polar surface area (TPSA) is 84.6 Å². The van der Waals surface area contributed by atoms with Crippen molar-refractivity contribution in [1.29, 1.82) is 0 Å². The summed E-state index contributed by atoms with van der Waals surface area (Å²) in [6.07, 6.45) is -1.08. The number of carboxylic acid groups (broad SMARTS) is 1. The maximum Gasteiger partial charge on any atom is 0.404 e. The van der Waals surface area contributed by atoms with Crippen LogP contribution < -0.4 is 15.8 Å². The van der Waals surface area contributed by atoms with Crippen molar-refractivity contribution >= 4 is 6.09 Å². The summed E-state index contributed by atoms with van der Waals surface area (Å²) in [4.78, 5) is 10.2. The van der Waals surface area contributed by atoms with E-state index in [1.165, 1.54) is 0 Å². The van der Waals surface area contributed by atoms with Gasteiger partial charge in [0.2, 0.25) is 0 Å². The quantitative estimate of drug-likeness (QED) is 0.666. The third kappa shape index (κ3) is 4.87. The highest BCUT2D eigenvalue weighted by atomic mass is 16.5. The highest BCUT2D eigenvalue weighted by Crippen LogP contribution is 2.07. The van der Waals surface area contributed by atoms with Crippen LogP contribution in [0, 0.1) is 0 Å². The third-order valence-electron chi connectivity index (χ3n) is 1.72. The summed E-state index contributed by atoms with van der Waals surface area (Å²) in [6, 6.07) is 8.89. The van der Waals surface area contributed by atoms with Gasteiger partial charge in [0.25, 0.3) is 0 Å². The Labute approximate surface area is 87.9 Å². The molecule has 0 heterocycles. The summed E-state index contributed by atoms with van der Waals surface area (Å²) < 4.78 is 5.34. The van der Waals surface area contributed by atoms with Crippen molar-refractivity contribution in [1.82, 2.24) is 5.32 Å². The molecule has 15 heavy (non-hydrogen) atoms. The van der Waals surface area contributed by atoms with Crippen molar-refractivity contribution in [3.8, 4) is 5.75 Å². The molecule has 82 valence electrons. The number of hydrogen-bond acceptors (Lipinski definition) is 3. The lowest BCUT2D eigenvalue weighted by Crippen LogP contribution is -2.40. The van der Waals surface area contributed by atoms with Gasteiger partial charge in [0.1, 0.15) is 12.4 Å². The summed E-state index contributed by atoms with van der Waals surface area (Å²) in [6.45, 7) is 0.465. The molecule has 5 heteroatoms. The zero-order chi connectivity index (χ0) is 11.1. The number of benzene rings is 1. The maximum atomic E-state index is 10.2. The van der Waals surface area contributed by atoms with Gasteiger partial charge in [-0.05, 0) is 12.1 Å². The fourth-order valence-electron chi connectivity index (χ4n) is 0.997. The lowest BCUT2D eigenvalue weighted by Gasteiger charge is -2.12. The summed E-state index contributed by atoms with van der Waals surface area (Å²) >= 11 is 0. The Kier molecular flexibility index (Phi) is 4.43. The Bertz CT molecular complexity index is 303. The Morgan fingerprint density at radius 1 is 1.47 bits per heavy atom. The van der Waals surface area contributed by atoms with Crippen LogP contribution in [0.25, 0.3) is 0 Å². The Balaban J connectivity index is 2.22. The average Bonchev–Trinajstić information content (AvgIpc) is 2.25. The monoisotopic (exact) mass is 210 g/mol. The zero-order valence-electron chi connectivity index (χ0n) is 8.22. The van der Waals surface area contributed by atoms with Gasteiger partial charge in [0.15, 0.2) is 0 Å². The molecule has 5 nitrogen and oxygen atoms in total. The molecule has 1 aromatic rings. The molecule has 4 N–H and O–H groups in total. The van der Waals surface area contributed by atoms with E-state index in [4.69, 9.17) is 15.6 Å². The van der Waals surface area contributed by atoms with E-state index in [9.17, 15) is 4.79 Å². The third-order valence-corrected chi connectivity index (χ3v) is 1.72. The van der Waals surface area contributed by atoms with Crippen LogP contribution in [0.5, 0.6) is 5.75 Å². The van der Waals surface area contributed by atoms with Crippen LogP contribution in [-0.2, 0) is 0 Å². The van der Waals surface area contributed by atoms with Crippen LogP contribution >= 0.6 is 0 Å². The summed E-state index contributed by atoms with van der Waals surface area (Å²) in [7, 11) is 0. The molecule has 1 aromatic carbocycles.